The Bertz CT molecular complexity index is 1320. The number of nitrogens with one attached hydrogen (secondary N) is 2. The van der Waals surface area contributed by atoms with E-state index in [9.17, 15) is 9.90 Å². The molecule has 31 heavy (non-hydrogen) atoms. The molecule has 3 N–H and O–H groups in total. The number of rotatable bonds is 3. The Balaban J connectivity index is 1.56. The lowest BCUT2D eigenvalue weighted by molar-refractivity contribution is 0.102. The Morgan fingerprint density at radius 1 is 1.19 bits per heavy atom. The predicted octanol–water partition coefficient (Wildman–Crippen LogP) is 4.58. The number of aromatic nitrogens is 3. The number of anilines is 1. The minimum atomic E-state index is -0.219. The maximum Gasteiger partial charge on any atom is 0.258 e. The van der Waals surface area contributed by atoms with E-state index in [1.807, 2.05) is 41.0 Å². The van der Waals surface area contributed by atoms with Gasteiger partial charge in [0.1, 0.15) is 5.75 Å². The maximum absolute atomic E-state index is 13.2. The van der Waals surface area contributed by atoms with Gasteiger partial charge in [0.15, 0.2) is 0 Å². The zero-order chi connectivity index (χ0) is 21.9. The topological polar surface area (TPSA) is 84.1 Å². The molecular formula is C24H27N5O2. The molecule has 5 rings (SSSR count). The number of imidazole rings is 1. The normalized spacial score (nSPS) is 18.6. The second kappa shape index (κ2) is 7.13. The highest BCUT2D eigenvalue weighted by Crippen LogP contribution is 2.38. The molecule has 1 unspecified atom stereocenters. The molecule has 160 valence electrons. The van der Waals surface area contributed by atoms with E-state index >= 15 is 0 Å². The molecule has 1 aliphatic rings. The summed E-state index contributed by atoms with van der Waals surface area (Å²) in [5.74, 6) is 0.603. The van der Waals surface area contributed by atoms with Crippen molar-refractivity contribution in [1.82, 2.24) is 19.4 Å². The number of aromatic hydroxyl groups is 1. The van der Waals surface area contributed by atoms with Crippen molar-refractivity contribution in [3.63, 3.8) is 0 Å². The van der Waals surface area contributed by atoms with Crippen LogP contribution in [0.3, 0.4) is 0 Å². The summed E-state index contributed by atoms with van der Waals surface area (Å²) in [6, 6.07) is 13.9. The second-order valence-corrected chi connectivity index (χ2v) is 8.65. The highest BCUT2D eigenvalue weighted by Gasteiger charge is 2.28. The summed E-state index contributed by atoms with van der Waals surface area (Å²) in [5.41, 5.74) is 4.11. The average molecular weight is 418 g/mol. The summed E-state index contributed by atoms with van der Waals surface area (Å²) < 4.78 is 4.18. The first-order valence-electron chi connectivity index (χ1n) is 10.7. The van der Waals surface area contributed by atoms with Gasteiger partial charge >= 0.3 is 0 Å². The van der Waals surface area contributed by atoms with Crippen molar-refractivity contribution in [2.45, 2.75) is 52.4 Å². The summed E-state index contributed by atoms with van der Waals surface area (Å²) >= 11 is 0. The van der Waals surface area contributed by atoms with E-state index in [1.165, 1.54) is 0 Å². The molecule has 0 fully saturated rings. The number of carbonyl (C=O) groups is 1. The number of hydrogen-bond donors (Lipinski definition) is 3. The molecule has 0 aliphatic carbocycles. The van der Waals surface area contributed by atoms with E-state index in [0.717, 1.165) is 27.6 Å². The molecule has 1 aliphatic heterocycles. The van der Waals surface area contributed by atoms with E-state index in [1.54, 1.807) is 6.07 Å². The Morgan fingerprint density at radius 2 is 1.97 bits per heavy atom. The van der Waals surface area contributed by atoms with Crippen LogP contribution in [0.2, 0.25) is 0 Å². The third-order valence-corrected chi connectivity index (χ3v) is 6.40. The Kier molecular flexibility index (Phi) is 4.51. The van der Waals surface area contributed by atoms with Crippen molar-refractivity contribution in [1.29, 1.82) is 0 Å². The zero-order valence-corrected chi connectivity index (χ0v) is 18.2. The molecule has 7 nitrogen and oxygen atoms in total. The number of benzene rings is 2. The molecule has 4 aromatic rings. The Labute approximate surface area is 180 Å². The van der Waals surface area contributed by atoms with E-state index in [4.69, 9.17) is 0 Å². The largest absolute Gasteiger partial charge is 0.505 e. The van der Waals surface area contributed by atoms with Crippen LogP contribution in [-0.4, -0.2) is 31.2 Å². The van der Waals surface area contributed by atoms with Crippen molar-refractivity contribution in [2.75, 3.05) is 5.32 Å². The molecule has 0 bridgehead atoms. The molecule has 3 heterocycles. The fourth-order valence-electron chi connectivity index (χ4n) is 4.60. The van der Waals surface area contributed by atoms with Crippen molar-refractivity contribution in [3.05, 3.63) is 53.7 Å². The third-order valence-electron chi connectivity index (χ3n) is 6.40. The first kappa shape index (κ1) is 19.6. The van der Waals surface area contributed by atoms with Crippen LogP contribution in [0.1, 0.15) is 55.8 Å². The van der Waals surface area contributed by atoms with Gasteiger partial charge in [0.05, 0.1) is 22.2 Å². The fraction of sp³-hybridized carbons (Fsp3) is 0.333. The number of amides is 1. The van der Waals surface area contributed by atoms with Gasteiger partial charge < -0.3 is 19.6 Å². The van der Waals surface area contributed by atoms with Gasteiger partial charge in [0, 0.05) is 35.6 Å². The van der Waals surface area contributed by atoms with E-state index in [-0.39, 0.29) is 29.8 Å². The lowest BCUT2D eigenvalue weighted by atomic mass is 10.1. The fourth-order valence-corrected chi connectivity index (χ4v) is 4.60. The van der Waals surface area contributed by atoms with Crippen LogP contribution < -0.4 is 10.6 Å². The highest BCUT2D eigenvalue weighted by atomic mass is 16.3. The lowest BCUT2D eigenvalue weighted by Gasteiger charge is -2.31. The predicted molar refractivity (Wildman–Crippen MR) is 123 cm³/mol. The molecule has 2 atom stereocenters. The summed E-state index contributed by atoms with van der Waals surface area (Å²) in [6.45, 7) is 9.00. The highest BCUT2D eigenvalue weighted by molar-refractivity contribution is 6.06. The molecule has 0 saturated heterocycles. The van der Waals surface area contributed by atoms with Gasteiger partial charge in [0.25, 0.3) is 5.91 Å². The van der Waals surface area contributed by atoms with Gasteiger partial charge in [-0.2, -0.15) is 0 Å². The molecule has 0 radical (unpaired) electrons. The first-order chi connectivity index (χ1) is 14.9. The summed E-state index contributed by atoms with van der Waals surface area (Å²) in [4.78, 5) is 17.8. The van der Waals surface area contributed by atoms with Crippen LogP contribution in [0.4, 0.5) is 5.95 Å². The Morgan fingerprint density at radius 3 is 2.74 bits per heavy atom. The zero-order valence-electron chi connectivity index (χ0n) is 18.2. The van der Waals surface area contributed by atoms with Gasteiger partial charge in [0.2, 0.25) is 5.95 Å². The number of fused-ring (bicyclic) bond motifs is 4. The third kappa shape index (κ3) is 2.99. The van der Waals surface area contributed by atoms with Crippen LogP contribution in [0.5, 0.6) is 5.75 Å². The number of nitrogens with zero attached hydrogens (tertiary/aromatic N) is 3. The SMILES string of the molecule is CC(C)n1c(NC(=O)c2ccc3c(O)c4n(c3c2)C(C)[C@@H](C)NC4)nc2ccccc21. The van der Waals surface area contributed by atoms with Gasteiger partial charge in [-0.1, -0.05) is 12.1 Å². The molecule has 2 aromatic heterocycles. The summed E-state index contributed by atoms with van der Waals surface area (Å²) in [6.07, 6.45) is 0. The van der Waals surface area contributed by atoms with Gasteiger partial charge in [-0.15, -0.1) is 0 Å². The van der Waals surface area contributed by atoms with E-state index in [2.05, 4.69) is 47.9 Å². The number of para-hydroxylation sites is 2. The van der Waals surface area contributed by atoms with Crippen LogP contribution in [0.15, 0.2) is 42.5 Å². The van der Waals surface area contributed by atoms with Crippen molar-refractivity contribution >= 4 is 33.8 Å². The molecular weight excluding hydrogens is 390 g/mol. The molecule has 2 aromatic carbocycles. The van der Waals surface area contributed by atoms with Crippen LogP contribution in [-0.2, 0) is 6.54 Å². The smallest absolute Gasteiger partial charge is 0.258 e. The summed E-state index contributed by atoms with van der Waals surface area (Å²) in [5, 5.41) is 17.9. The Hall–Kier alpha value is -3.32. The standard InChI is InChI=1S/C24H27N5O2/c1-13(2)28-19-8-6-5-7-18(19)26-24(28)27-23(31)16-9-10-17-20(11-16)29-15(4)14(3)25-12-21(29)22(17)30/h5-11,13-15,25,30H,12H2,1-4H3,(H,26,27,31)/t14-,15?/m1/s1. The molecule has 0 saturated carbocycles. The maximum atomic E-state index is 13.2. The summed E-state index contributed by atoms with van der Waals surface area (Å²) in [7, 11) is 0. The van der Waals surface area contributed by atoms with Crippen LogP contribution in [0.25, 0.3) is 21.9 Å². The van der Waals surface area contributed by atoms with Gasteiger partial charge in [-0.25, -0.2) is 4.98 Å². The van der Waals surface area contributed by atoms with Crippen LogP contribution in [0, 0.1) is 0 Å². The van der Waals surface area contributed by atoms with Crippen molar-refractivity contribution < 1.29 is 9.90 Å². The monoisotopic (exact) mass is 417 g/mol. The average Bonchev–Trinajstić information content (AvgIpc) is 3.25. The molecule has 0 spiro atoms. The first-order valence-corrected chi connectivity index (χ1v) is 10.7. The minimum Gasteiger partial charge on any atom is -0.505 e. The van der Waals surface area contributed by atoms with Gasteiger partial charge in [-0.05, 0) is 58.0 Å². The lowest BCUT2D eigenvalue weighted by Crippen LogP contribution is -2.39. The van der Waals surface area contributed by atoms with Gasteiger partial charge in [-0.3, -0.25) is 10.1 Å². The van der Waals surface area contributed by atoms with E-state index in [0.29, 0.717) is 18.1 Å². The van der Waals surface area contributed by atoms with Crippen molar-refractivity contribution in [3.8, 4) is 5.75 Å². The molecule has 7 heteroatoms. The quantitative estimate of drug-likeness (QED) is 0.455. The van der Waals surface area contributed by atoms with Crippen molar-refractivity contribution in [2.24, 2.45) is 0 Å². The van der Waals surface area contributed by atoms with Crippen LogP contribution >= 0.6 is 0 Å². The van der Waals surface area contributed by atoms with E-state index < -0.39 is 0 Å². The number of carbonyl (C=O) groups excluding carboxylic acids is 1. The second-order valence-electron chi connectivity index (χ2n) is 8.65. The number of hydrogen-bond acceptors (Lipinski definition) is 4. The minimum absolute atomic E-state index is 0.148. The molecule has 1 amide bonds.